The first-order valence-electron chi connectivity index (χ1n) is 7.85. The topological polar surface area (TPSA) is 42.5 Å². The Morgan fingerprint density at radius 1 is 1.12 bits per heavy atom. The lowest BCUT2D eigenvalue weighted by Gasteiger charge is -2.19. The lowest BCUT2D eigenvalue weighted by atomic mass is 10.1. The number of nitrogens with one attached hydrogen (secondary N) is 2. The summed E-state index contributed by atoms with van der Waals surface area (Å²) < 4.78 is 11.4. The molecule has 1 atom stereocenters. The summed E-state index contributed by atoms with van der Waals surface area (Å²) in [6.45, 7) is 3.40. The highest BCUT2D eigenvalue weighted by molar-refractivity contribution is 7.80. The lowest BCUT2D eigenvalue weighted by molar-refractivity contribution is 0.297. The highest BCUT2D eigenvalue weighted by Gasteiger charge is 2.14. The summed E-state index contributed by atoms with van der Waals surface area (Å²) in [5, 5.41) is 7.52. The predicted octanol–water partition coefficient (Wildman–Crippen LogP) is 4.55. The molecule has 0 saturated heterocycles. The zero-order chi connectivity index (χ0) is 16.9. The van der Waals surface area contributed by atoms with Crippen molar-refractivity contribution in [3.05, 3.63) is 53.1 Å². The number of fused-ring (bicyclic) bond motifs is 1. The number of benzene rings is 2. The molecule has 0 saturated carbocycles. The van der Waals surface area contributed by atoms with Crippen molar-refractivity contribution < 1.29 is 9.47 Å². The van der Waals surface area contributed by atoms with E-state index in [9.17, 15) is 0 Å². The van der Waals surface area contributed by atoms with Crippen LogP contribution in [0.3, 0.4) is 0 Å². The largest absolute Gasteiger partial charge is 0.490 e. The average molecular weight is 363 g/mol. The Bertz CT molecular complexity index is 739. The molecule has 4 nitrogen and oxygen atoms in total. The van der Waals surface area contributed by atoms with Crippen molar-refractivity contribution in [1.29, 1.82) is 0 Å². The quantitative estimate of drug-likeness (QED) is 0.784. The normalized spacial score (nSPS) is 14.4. The van der Waals surface area contributed by atoms with E-state index in [2.05, 4.69) is 10.6 Å². The van der Waals surface area contributed by atoms with Gasteiger partial charge in [-0.05, 0) is 49.0 Å². The fraction of sp³-hybridized carbons (Fsp3) is 0.278. The van der Waals surface area contributed by atoms with E-state index in [0.717, 1.165) is 29.2 Å². The Morgan fingerprint density at radius 3 is 2.67 bits per heavy atom. The number of rotatable bonds is 3. The fourth-order valence-corrected chi connectivity index (χ4v) is 2.92. The zero-order valence-electron chi connectivity index (χ0n) is 13.3. The van der Waals surface area contributed by atoms with Gasteiger partial charge in [0.2, 0.25) is 0 Å². The molecule has 0 aromatic heterocycles. The van der Waals surface area contributed by atoms with Gasteiger partial charge in [0.15, 0.2) is 16.6 Å². The summed E-state index contributed by atoms with van der Waals surface area (Å²) in [6, 6.07) is 13.5. The number of anilines is 1. The summed E-state index contributed by atoms with van der Waals surface area (Å²) >= 11 is 11.5. The number of ether oxygens (including phenoxy) is 2. The van der Waals surface area contributed by atoms with E-state index in [1.165, 1.54) is 0 Å². The number of para-hydroxylation sites is 1. The van der Waals surface area contributed by atoms with Crippen LogP contribution in [0.2, 0.25) is 5.02 Å². The Hall–Kier alpha value is -1.98. The Labute approximate surface area is 152 Å². The summed E-state index contributed by atoms with van der Waals surface area (Å²) in [5.74, 6) is 1.57. The van der Waals surface area contributed by atoms with E-state index in [4.69, 9.17) is 33.3 Å². The van der Waals surface area contributed by atoms with Crippen LogP contribution < -0.4 is 20.1 Å². The predicted molar refractivity (Wildman–Crippen MR) is 101 cm³/mol. The standard InChI is InChI=1S/C18H19ClN2O2S/c1-12(20-18(24)21-15-6-3-2-5-14(15)19)13-7-8-16-17(11-13)23-10-4-9-22-16/h2-3,5-8,11-12H,4,9-10H2,1H3,(H2,20,21,24)/t12-/m0/s1. The highest BCUT2D eigenvalue weighted by Crippen LogP contribution is 2.32. The van der Waals surface area contributed by atoms with Crippen LogP contribution in [0.5, 0.6) is 11.5 Å². The first-order chi connectivity index (χ1) is 11.6. The van der Waals surface area contributed by atoms with Crippen LogP contribution in [0.25, 0.3) is 0 Å². The molecule has 0 bridgehead atoms. The van der Waals surface area contributed by atoms with Crippen molar-refractivity contribution in [2.45, 2.75) is 19.4 Å². The smallest absolute Gasteiger partial charge is 0.171 e. The molecular weight excluding hydrogens is 344 g/mol. The molecule has 2 aromatic carbocycles. The van der Waals surface area contributed by atoms with Gasteiger partial charge in [-0.3, -0.25) is 0 Å². The van der Waals surface area contributed by atoms with Gasteiger partial charge >= 0.3 is 0 Å². The molecule has 2 aromatic rings. The molecular formula is C18H19ClN2O2S. The minimum Gasteiger partial charge on any atom is -0.490 e. The van der Waals surface area contributed by atoms with Crippen LogP contribution in [0, 0.1) is 0 Å². The van der Waals surface area contributed by atoms with Gasteiger partial charge in [0.1, 0.15) is 0 Å². The maximum absolute atomic E-state index is 6.14. The molecule has 0 amide bonds. The molecule has 1 aliphatic rings. The monoisotopic (exact) mass is 362 g/mol. The fourth-order valence-electron chi connectivity index (χ4n) is 2.45. The van der Waals surface area contributed by atoms with Crippen LogP contribution in [0.1, 0.15) is 24.9 Å². The third kappa shape index (κ3) is 4.10. The van der Waals surface area contributed by atoms with Crippen LogP contribution >= 0.6 is 23.8 Å². The summed E-state index contributed by atoms with van der Waals surface area (Å²) in [7, 11) is 0. The molecule has 2 N–H and O–H groups in total. The molecule has 6 heteroatoms. The second-order valence-electron chi connectivity index (χ2n) is 5.56. The molecule has 0 spiro atoms. The van der Waals surface area contributed by atoms with Crippen molar-refractivity contribution in [3.63, 3.8) is 0 Å². The lowest BCUT2D eigenvalue weighted by Crippen LogP contribution is -2.31. The van der Waals surface area contributed by atoms with Crippen molar-refractivity contribution in [2.24, 2.45) is 0 Å². The third-order valence-electron chi connectivity index (χ3n) is 3.74. The van der Waals surface area contributed by atoms with Crippen LogP contribution in [-0.2, 0) is 0 Å². The van der Waals surface area contributed by atoms with Crippen molar-refractivity contribution in [1.82, 2.24) is 5.32 Å². The third-order valence-corrected chi connectivity index (χ3v) is 4.29. The zero-order valence-corrected chi connectivity index (χ0v) is 14.9. The molecule has 24 heavy (non-hydrogen) atoms. The van der Waals surface area contributed by atoms with Gasteiger partial charge in [0.05, 0.1) is 30.0 Å². The second-order valence-corrected chi connectivity index (χ2v) is 6.37. The van der Waals surface area contributed by atoms with E-state index in [1.807, 2.05) is 49.4 Å². The van der Waals surface area contributed by atoms with Crippen molar-refractivity contribution in [3.8, 4) is 11.5 Å². The van der Waals surface area contributed by atoms with Crippen LogP contribution in [0.15, 0.2) is 42.5 Å². The van der Waals surface area contributed by atoms with E-state index in [-0.39, 0.29) is 6.04 Å². The molecule has 0 unspecified atom stereocenters. The Morgan fingerprint density at radius 2 is 1.88 bits per heavy atom. The molecule has 1 heterocycles. The molecule has 3 rings (SSSR count). The van der Waals surface area contributed by atoms with Gasteiger partial charge in [-0.1, -0.05) is 29.8 Å². The summed E-state index contributed by atoms with van der Waals surface area (Å²) in [5.41, 5.74) is 1.85. The minimum absolute atomic E-state index is 0.0182. The number of halogens is 1. The van der Waals surface area contributed by atoms with Crippen molar-refractivity contribution in [2.75, 3.05) is 18.5 Å². The minimum atomic E-state index is 0.0182. The van der Waals surface area contributed by atoms with Gasteiger partial charge in [0.25, 0.3) is 0 Å². The van der Waals surface area contributed by atoms with E-state index in [1.54, 1.807) is 0 Å². The van der Waals surface area contributed by atoms with E-state index < -0.39 is 0 Å². The van der Waals surface area contributed by atoms with Gasteiger partial charge in [-0.15, -0.1) is 0 Å². The summed E-state index contributed by atoms with van der Waals surface area (Å²) in [6.07, 6.45) is 0.893. The van der Waals surface area contributed by atoms with Gasteiger partial charge in [-0.2, -0.15) is 0 Å². The molecule has 0 radical (unpaired) electrons. The molecule has 1 aliphatic heterocycles. The molecule has 0 fully saturated rings. The highest BCUT2D eigenvalue weighted by atomic mass is 35.5. The first-order valence-corrected chi connectivity index (χ1v) is 8.64. The van der Waals surface area contributed by atoms with E-state index >= 15 is 0 Å². The average Bonchev–Trinajstić information content (AvgIpc) is 2.81. The maximum atomic E-state index is 6.14. The van der Waals surface area contributed by atoms with Crippen molar-refractivity contribution >= 4 is 34.6 Å². The number of thiocarbonyl (C=S) groups is 1. The van der Waals surface area contributed by atoms with Crippen LogP contribution in [-0.4, -0.2) is 18.3 Å². The Balaban J connectivity index is 1.66. The molecule has 0 aliphatic carbocycles. The number of hydrogen-bond acceptors (Lipinski definition) is 3. The summed E-state index contributed by atoms with van der Waals surface area (Å²) in [4.78, 5) is 0. The maximum Gasteiger partial charge on any atom is 0.171 e. The van der Waals surface area contributed by atoms with E-state index in [0.29, 0.717) is 23.3 Å². The van der Waals surface area contributed by atoms with Crippen LogP contribution in [0.4, 0.5) is 5.69 Å². The number of hydrogen-bond donors (Lipinski definition) is 2. The van der Waals surface area contributed by atoms with Gasteiger partial charge in [0, 0.05) is 6.42 Å². The Kier molecular flexibility index (Phi) is 5.43. The molecule has 126 valence electrons. The SMILES string of the molecule is C[C@H](NC(=S)Nc1ccccc1Cl)c1ccc2c(c1)OCCCO2. The van der Waals surface area contributed by atoms with Gasteiger partial charge < -0.3 is 20.1 Å². The second kappa shape index (κ2) is 7.73. The first kappa shape index (κ1) is 16.9. The van der Waals surface area contributed by atoms with Gasteiger partial charge in [-0.25, -0.2) is 0 Å².